The minimum absolute atomic E-state index is 0.0545. The summed E-state index contributed by atoms with van der Waals surface area (Å²) >= 11 is 7.41. The number of fused-ring (bicyclic) bond motifs is 1. The molecule has 1 aliphatic rings. The fourth-order valence-corrected chi connectivity index (χ4v) is 4.25. The Kier molecular flexibility index (Phi) is 3.87. The van der Waals surface area contributed by atoms with Gasteiger partial charge in [0.2, 0.25) is 0 Å². The van der Waals surface area contributed by atoms with E-state index < -0.39 is 0 Å². The molecule has 1 fully saturated rings. The van der Waals surface area contributed by atoms with E-state index in [1.54, 1.807) is 15.6 Å². The van der Waals surface area contributed by atoms with Crippen molar-refractivity contribution < 1.29 is 0 Å². The first-order chi connectivity index (χ1) is 13.1. The molecule has 3 aromatic heterocycles. The Morgan fingerprint density at radius 2 is 2.04 bits per heavy atom. The molecule has 27 heavy (non-hydrogen) atoms. The van der Waals surface area contributed by atoms with Crippen molar-refractivity contribution in [2.24, 2.45) is 7.05 Å². The third kappa shape index (κ3) is 3.07. The van der Waals surface area contributed by atoms with Crippen molar-refractivity contribution in [2.45, 2.75) is 25.3 Å². The molecule has 0 aliphatic heterocycles. The lowest BCUT2D eigenvalue weighted by Crippen LogP contribution is -2.21. The summed E-state index contributed by atoms with van der Waals surface area (Å²) in [6, 6.07) is 9.54. The molecule has 0 amide bonds. The number of benzene rings is 1. The van der Waals surface area contributed by atoms with Gasteiger partial charge in [-0.1, -0.05) is 23.7 Å². The molecule has 6 nitrogen and oxygen atoms in total. The average molecular weight is 398 g/mol. The number of halogens is 1. The van der Waals surface area contributed by atoms with Gasteiger partial charge in [-0.25, -0.2) is 9.97 Å². The molecule has 8 heteroatoms. The van der Waals surface area contributed by atoms with E-state index in [2.05, 4.69) is 15.1 Å². The van der Waals surface area contributed by atoms with Gasteiger partial charge < -0.3 is 0 Å². The van der Waals surface area contributed by atoms with Crippen molar-refractivity contribution in [2.75, 3.05) is 0 Å². The maximum absolute atomic E-state index is 13.0. The molecule has 1 saturated carbocycles. The van der Waals surface area contributed by atoms with Crippen LogP contribution in [0.5, 0.6) is 0 Å². The van der Waals surface area contributed by atoms with Crippen molar-refractivity contribution in [3.05, 3.63) is 63.7 Å². The molecule has 1 aliphatic carbocycles. The molecule has 3 heterocycles. The maximum Gasteiger partial charge on any atom is 0.271 e. The van der Waals surface area contributed by atoms with E-state index in [4.69, 9.17) is 11.6 Å². The monoisotopic (exact) mass is 397 g/mol. The van der Waals surface area contributed by atoms with E-state index in [0.29, 0.717) is 27.7 Å². The number of hydrogen-bond donors (Lipinski definition) is 0. The molecule has 136 valence electrons. The molecule has 0 bridgehead atoms. The number of aryl methyl sites for hydroxylation is 1. The highest BCUT2D eigenvalue weighted by Crippen LogP contribution is 2.38. The summed E-state index contributed by atoms with van der Waals surface area (Å²) < 4.78 is 4.01. The van der Waals surface area contributed by atoms with Crippen LogP contribution in [-0.4, -0.2) is 24.3 Å². The number of nitrogens with zero attached hydrogens (tertiary/aromatic N) is 5. The van der Waals surface area contributed by atoms with Crippen molar-refractivity contribution in [3.63, 3.8) is 0 Å². The van der Waals surface area contributed by atoms with Crippen LogP contribution in [0, 0.1) is 0 Å². The number of hydrogen-bond acceptors (Lipinski definition) is 5. The van der Waals surface area contributed by atoms with Crippen LogP contribution in [0.4, 0.5) is 0 Å². The molecule has 1 aromatic carbocycles. The summed E-state index contributed by atoms with van der Waals surface area (Å²) in [5.74, 6) is 2.15. The van der Waals surface area contributed by atoms with Crippen LogP contribution in [-0.2, 0) is 13.6 Å². The molecule has 0 spiro atoms. The predicted molar refractivity (Wildman–Crippen MR) is 106 cm³/mol. The summed E-state index contributed by atoms with van der Waals surface area (Å²) in [4.78, 5) is 23.0. The summed E-state index contributed by atoms with van der Waals surface area (Å²) in [6.45, 7) is 0.367. The molecule has 0 saturated heterocycles. The summed E-state index contributed by atoms with van der Waals surface area (Å²) in [7, 11) is 1.87. The van der Waals surface area contributed by atoms with Gasteiger partial charge in [0, 0.05) is 22.9 Å². The van der Waals surface area contributed by atoms with Crippen LogP contribution in [0.25, 0.3) is 20.7 Å². The van der Waals surface area contributed by atoms with E-state index >= 15 is 0 Å². The number of thiophene rings is 1. The third-order valence-electron chi connectivity index (χ3n) is 4.76. The lowest BCUT2D eigenvalue weighted by Gasteiger charge is -2.03. The quantitative estimate of drug-likeness (QED) is 0.525. The largest absolute Gasteiger partial charge is 0.290 e. The maximum atomic E-state index is 13.0. The van der Waals surface area contributed by atoms with E-state index in [-0.39, 0.29) is 5.56 Å². The van der Waals surface area contributed by atoms with Crippen molar-refractivity contribution in [1.82, 2.24) is 24.3 Å². The standard InChI is InChI=1S/C19H16ClN5OS/c1-24-16(22-18(23-24)12-2-3-12)9-25-10-21-14-8-15(27-17(14)19(25)26)11-4-6-13(20)7-5-11/h4-8,10,12H,2-3,9H2,1H3. The zero-order valence-electron chi connectivity index (χ0n) is 14.6. The van der Waals surface area contributed by atoms with Gasteiger partial charge in [0.05, 0.1) is 18.4 Å². The minimum atomic E-state index is -0.0545. The Labute approximate surface area is 164 Å². The number of aromatic nitrogens is 5. The van der Waals surface area contributed by atoms with Crippen molar-refractivity contribution in [3.8, 4) is 10.4 Å². The van der Waals surface area contributed by atoms with Crippen molar-refractivity contribution in [1.29, 1.82) is 0 Å². The Morgan fingerprint density at radius 3 is 2.78 bits per heavy atom. The Hall–Kier alpha value is -2.51. The molecule has 0 atom stereocenters. The predicted octanol–water partition coefficient (Wildman–Crippen LogP) is 3.83. The molecule has 0 radical (unpaired) electrons. The molecule has 0 unspecified atom stereocenters. The second kappa shape index (κ2) is 6.28. The fraction of sp³-hybridized carbons (Fsp3) is 0.263. The second-order valence-corrected chi connectivity index (χ2v) is 8.28. The topological polar surface area (TPSA) is 65.6 Å². The summed E-state index contributed by atoms with van der Waals surface area (Å²) in [5.41, 5.74) is 1.68. The highest BCUT2D eigenvalue weighted by atomic mass is 35.5. The highest BCUT2D eigenvalue weighted by Gasteiger charge is 2.28. The van der Waals surface area contributed by atoms with Crippen LogP contribution in [0.15, 0.2) is 41.5 Å². The van der Waals surface area contributed by atoms with E-state index in [1.807, 2.05) is 37.4 Å². The second-order valence-electron chi connectivity index (χ2n) is 6.79. The Bertz CT molecular complexity index is 1200. The first kappa shape index (κ1) is 16.6. The average Bonchev–Trinajstić information content (AvgIpc) is 3.31. The summed E-state index contributed by atoms with van der Waals surface area (Å²) in [6.07, 6.45) is 3.90. The molecule has 5 rings (SSSR count). The van der Waals surface area contributed by atoms with Gasteiger partial charge in [-0.05, 0) is 36.6 Å². The molecular weight excluding hydrogens is 382 g/mol. The first-order valence-corrected chi connectivity index (χ1v) is 9.92. The minimum Gasteiger partial charge on any atom is -0.290 e. The van der Waals surface area contributed by atoms with Gasteiger partial charge in [0.15, 0.2) is 5.82 Å². The van der Waals surface area contributed by atoms with Crippen LogP contribution >= 0.6 is 22.9 Å². The Morgan fingerprint density at radius 1 is 1.26 bits per heavy atom. The van der Waals surface area contributed by atoms with Crippen LogP contribution in [0.3, 0.4) is 0 Å². The van der Waals surface area contributed by atoms with Crippen LogP contribution < -0.4 is 5.56 Å². The van der Waals surface area contributed by atoms with Gasteiger partial charge >= 0.3 is 0 Å². The smallest absolute Gasteiger partial charge is 0.271 e. The van der Waals surface area contributed by atoms with Crippen LogP contribution in [0.2, 0.25) is 5.02 Å². The summed E-state index contributed by atoms with van der Waals surface area (Å²) in [5, 5.41) is 5.16. The highest BCUT2D eigenvalue weighted by molar-refractivity contribution is 7.22. The van der Waals surface area contributed by atoms with Gasteiger partial charge in [0.25, 0.3) is 5.56 Å². The van der Waals surface area contributed by atoms with E-state index in [0.717, 1.165) is 34.9 Å². The van der Waals surface area contributed by atoms with Gasteiger partial charge in [-0.3, -0.25) is 14.0 Å². The Balaban J connectivity index is 1.51. The molecular formula is C19H16ClN5OS. The lowest BCUT2D eigenvalue weighted by atomic mass is 10.2. The van der Waals surface area contributed by atoms with Gasteiger partial charge in [-0.15, -0.1) is 11.3 Å². The fourth-order valence-electron chi connectivity index (χ4n) is 3.06. The molecule has 4 aromatic rings. The van der Waals surface area contributed by atoms with Gasteiger partial charge in [0.1, 0.15) is 10.5 Å². The van der Waals surface area contributed by atoms with E-state index in [1.165, 1.54) is 11.3 Å². The zero-order valence-corrected chi connectivity index (χ0v) is 16.2. The number of rotatable bonds is 4. The van der Waals surface area contributed by atoms with Gasteiger partial charge in [-0.2, -0.15) is 5.10 Å². The normalized spacial score (nSPS) is 14.1. The third-order valence-corrected chi connectivity index (χ3v) is 6.17. The van der Waals surface area contributed by atoms with Crippen LogP contribution in [0.1, 0.15) is 30.4 Å². The lowest BCUT2D eigenvalue weighted by molar-refractivity contribution is 0.636. The SMILES string of the molecule is Cn1nc(C2CC2)nc1Cn1cnc2cc(-c3ccc(Cl)cc3)sc2c1=O. The van der Waals surface area contributed by atoms with Crippen molar-refractivity contribution >= 4 is 33.2 Å². The zero-order chi connectivity index (χ0) is 18.5. The molecule has 0 N–H and O–H groups in total. The first-order valence-electron chi connectivity index (χ1n) is 8.73. The van der Waals surface area contributed by atoms with E-state index in [9.17, 15) is 4.79 Å².